The van der Waals surface area contributed by atoms with Gasteiger partial charge >= 0.3 is 0 Å². The third-order valence-corrected chi connectivity index (χ3v) is 4.18. The van der Waals surface area contributed by atoms with E-state index in [0.717, 1.165) is 0 Å². The molecule has 0 radical (unpaired) electrons. The van der Waals surface area contributed by atoms with Crippen LogP contribution in [0.15, 0.2) is 0 Å². The van der Waals surface area contributed by atoms with Gasteiger partial charge < -0.3 is 39.9 Å². The van der Waals surface area contributed by atoms with Gasteiger partial charge in [-0.25, -0.2) is 0 Å². The number of carbonyl (C=O) groups excluding carboxylic acids is 1. The molecule has 0 aromatic carbocycles. The Hall–Kier alpha value is -0.770. The summed E-state index contributed by atoms with van der Waals surface area (Å²) >= 11 is 0. The molecule has 0 spiro atoms. The smallest absolute Gasteiger partial charge is 0.122 e. The van der Waals surface area contributed by atoms with Crippen molar-refractivity contribution in [2.45, 2.75) is 52.1 Å². The van der Waals surface area contributed by atoms with Gasteiger partial charge in [0.2, 0.25) is 0 Å². The molecule has 0 saturated heterocycles. The van der Waals surface area contributed by atoms with Crippen LogP contribution in [0.4, 0.5) is 0 Å². The summed E-state index contributed by atoms with van der Waals surface area (Å²) in [5.41, 5.74) is 0. The number of carbonyl (C=O) groups is 1. The number of quaternary nitrogens is 1. The van der Waals surface area contributed by atoms with Crippen molar-refractivity contribution in [3.63, 3.8) is 0 Å². The first-order chi connectivity index (χ1) is 10.2. The topological polar surface area (TPSA) is 141 Å². The summed E-state index contributed by atoms with van der Waals surface area (Å²) in [6, 6.07) is 0. The Morgan fingerprint density at radius 2 is 1.27 bits per heavy atom. The molecule has 8 heteroatoms. The van der Waals surface area contributed by atoms with E-state index in [1.807, 2.05) is 0 Å². The lowest BCUT2D eigenvalue weighted by Gasteiger charge is -2.34. The predicted molar refractivity (Wildman–Crippen MR) is 78.5 cm³/mol. The monoisotopic (exact) mass is 325 g/mol. The van der Waals surface area contributed by atoms with Gasteiger partial charge in [-0.05, 0) is 27.7 Å². The Bertz CT molecular complexity index is 279. The highest BCUT2D eigenvalue weighted by atomic mass is 16.4. The normalized spacial score (nSPS) is 17.0. The van der Waals surface area contributed by atoms with Crippen molar-refractivity contribution in [2.75, 3.05) is 32.8 Å². The number of carboxylic acids is 1. The predicted octanol–water partition coefficient (Wildman–Crippen LogP) is -2.94. The molecule has 0 fully saturated rings. The Morgan fingerprint density at radius 1 is 0.909 bits per heavy atom. The number of aliphatic hydroxyl groups excluding tert-OH is 5. The fraction of sp³-hybridized carbons (Fsp3) is 0.929. The van der Waals surface area contributed by atoms with Crippen LogP contribution in [0.25, 0.3) is 0 Å². The van der Waals surface area contributed by atoms with Crippen molar-refractivity contribution in [3.8, 4) is 0 Å². The Balaban J connectivity index is 0. The van der Waals surface area contributed by atoms with Gasteiger partial charge in [0.25, 0.3) is 0 Å². The second-order valence-corrected chi connectivity index (χ2v) is 5.10. The third-order valence-electron chi connectivity index (χ3n) is 4.18. The second kappa shape index (κ2) is 11.8. The minimum Gasteiger partial charge on any atom is -0.547 e. The maximum absolute atomic E-state index is 9.98. The summed E-state index contributed by atoms with van der Waals surface area (Å²) in [7, 11) is 0. The number of aliphatic hydroxyl groups is 5. The average Bonchev–Trinajstić information content (AvgIpc) is 2.55. The highest BCUT2D eigenvalue weighted by molar-refractivity contribution is 5.70. The fourth-order valence-corrected chi connectivity index (χ4v) is 2.00. The number of aliphatic carboxylic acids is 1. The molecule has 0 aliphatic rings. The molecule has 0 unspecified atom stereocenters. The molecule has 0 rings (SSSR count). The number of carboxylic acid groups (broad SMARTS) is 1. The van der Waals surface area contributed by atoms with Gasteiger partial charge in [-0.1, -0.05) is 0 Å². The molecule has 4 atom stereocenters. The molecule has 22 heavy (non-hydrogen) atoms. The zero-order chi connectivity index (χ0) is 17.9. The third kappa shape index (κ3) is 7.48. The quantitative estimate of drug-likeness (QED) is 0.285. The molecule has 0 bridgehead atoms. The Labute approximate surface area is 131 Å². The first-order valence-corrected chi connectivity index (χ1v) is 7.55. The van der Waals surface area contributed by atoms with Gasteiger partial charge in [0.15, 0.2) is 0 Å². The van der Waals surface area contributed by atoms with E-state index in [0.29, 0.717) is 0 Å². The minimum absolute atomic E-state index is 0.863. The summed E-state index contributed by atoms with van der Waals surface area (Å²) in [6.07, 6.45) is -8.08. The number of rotatable bonds is 9. The minimum atomic E-state index is -2.31. The van der Waals surface area contributed by atoms with Crippen LogP contribution in [0.3, 0.4) is 0 Å². The van der Waals surface area contributed by atoms with Crippen LogP contribution in [0.5, 0.6) is 0 Å². The molecule has 0 aromatic rings. The van der Waals surface area contributed by atoms with Gasteiger partial charge in [-0.2, -0.15) is 0 Å². The maximum atomic E-state index is 9.98. The van der Waals surface area contributed by atoms with Gasteiger partial charge in [-0.3, -0.25) is 0 Å². The molecule has 0 heterocycles. The van der Waals surface area contributed by atoms with Crippen LogP contribution < -0.4 is 5.11 Å². The van der Waals surface area contributed by atoms with Crippen molar-refractivity contribution in [1.29, 1.82) is 0 Å². The molecular formula is C14H31NO7. The number of nitrogens with zero attached hydrogens (tertiary/aromatic N) is 1. The van der Waals surface area contributed by atoms with Crippen molar-refractivity contribution >= 4 is 5.97 Å². The van der Waals surface area contributed by atoms with E-state index in [1.165, 1.54) is 30.7 Å². The van der Waals surface area contributed by atoms with Crippen LogP contribution in [0.2, 0.25) is 0 Å². The maximum Gasteiger partial charge on any atom is 0.122 e. The molecule has 5 N–H and O–H groups in total. The second-order valence-electron chi connectivity index (χ2n) is 5.10. The summed E-state index contributed by atoms with van der Waals surface area (Å²) in [6.45, 7) is 13.4. The van der Waals surface area contributed by atoms with Crippen molar-refractivity contribution in [2.24, 2.45) is 0 Å². The van der Waals surface area contributed by atoms with E-state index < -0.39 is 37.0 Å². The van der Waals surface area contributed by atoms with Gasteiger partial charge in [0.1, 0.15) is 24.4 Å². The zero-order valence-corrected chi connectivity index (χ0v) is 13.8. The molecule has 0 aliphatic carbocycles. The largest absolute Gasteiger partial charge is 0.547 e. The SMILES string of the molecule is CC[N+](CC)(CC)CC.O=C([O-])[C@H](O)[C@@H](O)[C@H](O)[C@H](O)CO. The van der Waals surface area contributed by atoms with E-state index in [2.05, 4.69) is 27.7 Å². The molecule has 0 aromatic heterocycles. The summed E-state index contributed by atoms with van der Waals surface area (Å²) in [4.78, 5) is 9.98. The van der Waals surface area contributed by atoms with Crippen molar-refractivity contribution in [1.82, 2.24) is 0 Å². The van der Waals surface area contributed by atoms with E-state index in [1.54, 1.807) is 0 Å². The summed E-state index contributed by atoms with van der Waals surface area (Å²) in [5, 5.41) is 53.4. The highest BCUT2D eigenvalue weighted by Gasteiger charge is 2.30. The van der Waals surface area contributed by atoms with Crippen LogP contribution in [-0.4, -0.2) is 93.2 Å². The average molecular weight is 325 g/mol. The highest BCUT2D eigenvalue weighted by Crippen LogP contribution is 2.04. The van der Waals surface area contributed by atoms with E-state index in [9.17, 15) is 9.90 Å². The van der Waals surface area contributed by atoms with Gasteiger partial charge in [-0.15, -0.1) is 0 Å². The number of hydrogen-bond acceptors (Lipinski definition) is 7. The lowest BCUT2D eigenvalue weighted by atomic mass is 10.0. The lowest BCUT2D eigenvalue weighted by Crippen LogP contribution is -2.52. The first-order valence-electron chi connectivity index (χ1n) is 7.55. The molecule has 0 amide bonds. The Kier molecular flexibility index (Phi) is 12.6. The van der Waals surface area contributed by atoms with Crippen LogP contribution in [0, 0.1) is 0 Å². The van der Waals surface area contributed by atoms with E-state index in [-0.39, 0.29) is 0 Å². The molecule has 134 valence electrons. The zero-order valence-electron chi connectivity index (χ0n) is 13.8. The van der Waals surface area contributed by atoms with E-state index >= 15 is 0 Å². The molecule has 8 nitrogen and oxygen atoms in total. The summed E-state index contributed by atoms with van der Waals surface area (Å²) in [5.74, 6) is -1.98. The molecule has 0 saturated carbocycles. The number of hydrogen-bond donors (Lipinski definition) is 5. The van der Waals surface area contributed by atoms with Gasteiger partial charge in [0.05, 0.1) is 38.8 Å². The van der Waals surface area contributed by atoms with Gasteiger partial charge in [0, 0.05) is 0 Å². The molecular weight excluding hydrogens is 294 g/mol. The van der Waals surface area contributed by atoms with Crippen molar-refractivity contribution < 1.29 is 39.9 Å². The lowest BCUT2D eigenvalue weighted by molar-refractivity contribution is -0.921. The Morgan fingerprint density at radius 3 is 1.45 bits per heavy atom. The van der Waals surface area contributed by atoms with Crippen LogP contribution in [-0.2, 0) is 4.79 Å². The first kappa shape index (κ1) is 23.5. The summed E-state index contributed by atoms with van der Waals surface area (Å²) < 4.78 is 1.28. The van der Waals surface area contributed by atoms with Crippen LogP contribution in [0.1, 0.15) is 27.7 Å². The molecule has 0 aliphatic heterocycles. The van der Waals surface area contributed by atoms with Crippen LogP contribution >= 0.6 is 0 Å². The van der Waals surface area contributed by atoms with Crippen molar-refractivity contribution in [3.05, 3.63) is 0 Å². The van der Waals surface area contributed by atoms with E-state index in [4.69, 9.17) is 25.5 Å². The fourth-order valence-electron chi connectivity index (χ4n) is 2.00. The standard InChI is InChI=1S/C8H20N.C6H12O7/c1-5-9(6-2,7-3)8-4;7-1-2(8)3(9)4(10)5(11)6(12)13/h5-8H2,1-4H3;2-5,7-11H,1H2,(H,12,13)/q+1;/p-1/t;2-,3-,4+,5-/m.1/s1.